The SMILES string of the molecule is O=C(Nc1ccc2cnc(Nc3ccc(N4CCNCC4)cc3)nc2n1)N1CCNCC1. The Balaban J connectivity index is 1.27. The van der Waals surface area contributed by atoms with Crippen LogP contribution in [0.15, 0.2) is 42.6 Å². The van der Waals surface area contributed by atoms with Crippen molar-refractivity contribution in [3.63, 3.8) is 0 Å². The van der Waals surface area contributed by atoms with Gasteiger partial charge < -0.3 is 25.8 Å². The molecule has 0 aliphatic carbocycles. The summed E-state index contributed by atoms with van der Waals surface area (Å²) in [5.74, 6) is 0.941. The minimum absolute atomic E-state index is 0.143. The number of carbonyl (C=O) groups is 1. The second kappa shape index (κ2) is 9.33. The van der Waals surface area contributed by atoms with Gasteiger partial charge in [0.15, 0.2) is 5.65 Å². The Bertz CT molecular complexity index is 1080. The summed E-state index contributed by atoms with van der Waals surface area (Å²) in [6.45, 7) is 7.02. The van der Waals surface area contributed by atoms with E-state index in [1.165, 1.54) is 5.69 Å². The van der Waals surface area contributed by atoms with Crippen LogP contribution >= 0.6 is 0 Å². The molecule has 0 bridgehead atoms. The van der Waals surface area contributed by atoms with Gasteiger partial charge in [-0.25, -0.2) is 14.8 Å². The molecule has 10 heteroatoms. The standard InChI is InChI=1S/C22H27N9O/c32-22(31-13-9-24-10-14-31)28-19-6-1-16-15-25-21(29-20(16)27-19)26-17-2-4-18(5-3-17)30-11-7-23-8-12-30/h1-6,15,23-24H,7-14H2,(H2,25,26,27,28,29,32). The first-order valence-corrected chi connectivity index (χ1v) is 11.0. The van der Waals surface area contributed by atoms with E-state index in [0.717, 1.165) is 50.3 Å². The molecule has 2 aliphatic rings. The third-order valence-electron chi connectivity index (χ3n) is 5.69. The zero-order chi connectivity index (χ0) is 21.8. The number of benzene rings is 1. The maximum atomic E-state index is 12.4. The lowest BCUT2D eigenvalue weighted by atomic mass is 10.2. The highest BCUT2D eigenvalue weighted by Gasteiger charge is 2.17. The van der Waals surface area contributed by atoms with E-state index in [9.17, 15) is 4.79 Å². The van der Waals surface area contributed by atoms with Crippen LogP contribution in [0.3, 0.4) is 0 Å². The van der Waals surface area contributed by atoms with E-state index in [-0.39, 0.29) is 6.03 Å². The summed E-state index contributed by atoms with van der Waals surface area (Å²) < 4.78 is 0. The van der Waals surface area contributed by atoms with Crippen LogP contribution in [-0.4, -0.2) is 78.2 Å². The number of urea groups is 1. The zero-order valence-corrected chi connectivity index (χ0v) is 17.8. The van der Waals surface area contributed by atoms with Crippen molar-refractivity contribution in [3.05, 3.63) is 42.6 Å². The fraction of sp³-hybridized carbons (Fsp3) is 0.364. The molecule has 0 radical (unpaired) electrons. The van der Waals surface area contributed by atoms with Crippen LogP contribution in [0.2, 0.25) is 0 Å². The number of hydrogen-bond donors (Lipinski definition) is 4. The molecule has 2 aromatic heterocycles. The normalized spacial score (nSPS) is 16.8. The number of nitrogens with zero attached hydrogens (tertiary/aromatic N) is 5. The van der Waals surface area contributed by atoms with Crippen molar-refractivity contribution in [1.29, 1.82) is 0 Å². The fourth-order valence-electron chi connectivity index (χ4n) is 3.90. The lowest BCUT2D eigenvalue weighted by Gasteiger charge is -2.29. The highest BCUT2D eigenvalue weighted by Crippen LogP contribution is 2.21. The summed E-state index contributed by atoms with van der Waals surface area (Å²) in [6.07, 6.45) is 1.73. The molecule has 0 atom stereocenters. The first kappa shape index (κ1) is 20.4. The van der Waals surface area contributed by atoms with Crippen LogP contribution < -0.4 is 26.2 Å². The van der Waals surface area contributed by atoms with Gasteiger partial charge >= 0.3 is 6.03 Å². The number of nitrogens with one attached hydrogen (secondary N) is 4. The summed E-state index contributed by atoms with van der Waals surface area (Å²) in [6, 6.07) is 11.8. The smallest absolute Gasteiger partial charge is 0.323 e. The minimum Gasteiger partial charge on any atom is -0.369 e. The van der Waals surface area contributed by atoms with Gasteiger partial charge in [0.2, 0.25) is 5.95 Å². The van der Waals surface area contributed by atoms with E-state index < -0.39 is 0 Å². The lowest BCUT2D eigenvalue weighted by Crippen LogP contribution is -2.48. The van der Waals surface area contributed by atoms with Crippen LogP contribution in [0.4, 0.5) is 27.9 Å². The van der Waals surface area contributed by atoms with E-state index in [1.807, 2.05) is 18.2 Å². The second-order valence-corrected chi connectivity index (χ2v) is 7.88. The summed E-state index contributed by atoms with van der Waals surface area (Å²) in [5, 5.41) is 13.5. The van der Waals surface area contributed by atoms with Crippen molar-refractivity contribution < 1.29 is 4.79 Å². The molecule has 4 N–H and O–H groups in total. The van der Waals surface area contributed by atoms with Gasteiger partial charge in [0.1, 0.15) is 5.82 Å². The molecule has 2 saturated heterocycles. The van der Waals surface area contributed by atoms with Crippen LogP contribution in [0.25, 0.3) is 11.0 Å². The number of hydrogen-bond acceptors (Lipinski definition) is 8. The Labute approximate surface area is 186 Å². The van der Waals surface area contributed by atoms with Crippen LogP contribution in [-0.2, 0) is 0 Å². The molecule has 2 fully saturated rings. The molecular formula is C22H27N9O. The van der Waals surface area contributed by atoms with Crippen molar-refractivity contribution >= 4 is 40.2 Å². The van der Waals surface area contributed by atoms with Crippen LogP contribution in [0, 0.1) is 0 Å². The minimum atomic E-state index is -0.143. The molecule has 166 valence electrons. The topological polar surface area (TPSA) is 110 Å². The quantitative estimate of drug-likeness (QED) is 0.491. The average molecular weight is 434 g/mol. The number of anilines is 4. The Kier molecular flexibility index (Phi) is 5.95. The van der Waals surface area contributed by atoms with Gasteiger partial charge in [-0.15, -0.1) is 0 Å². The highest BCUT2D eigenvalue weighted by molar-refractivity contribution is 5.90. The van der Waals surface area contributed by atoms with Gasteiger partial charge in [-0.1, -0.05) is 0 Å². The van der Waals surface area contributed by atoms with E-state index in [2.05, 4.69) is 53.3 Å². The number of carbonyl (C=O) groups excluding carboxylic acids is 1. The molecular weight excluding hydrogens is 406 g/mol. The second-order valence-electron chi connectivity index (χ2n) is 7.88. The molecule has 2 aliphatic heterocycles. The lowest BCUT2D eigenvalue weighted by molar-refractivity contribution is 0.204. The van der Waals surface area contributed by atoms with Gasteiger partial charge in [0.05, 0.1) is 0 Å². The van der Waals surface area contributed by atoms with Gasteiger partial charge in [0.25, 0.3) is 0 Å². The summed E-state index contributed by atoms with van der Waals surface area (Å²) in [7, 11) is 0. The molecule has 4 heterocycles. The average Bonchev–Trinajstić information content (AvgIpc) is 2.85. The molecule has 3 aromatic rings. The predicted molar refractivity (Wildman–Crippen MR) is 126 cm³/mol. The third-order valence-corrected chi connectivity index (χ3v) is 5.69. The summed E-state index contributed by atoms with van der Waals surface area (Å²) in [5.41, 5.74) is 2.65. The van der Waals surface area contributed by atoms with Crippen LogP contribution in [0.1, 0.15) is 0 Å². The van der Waals surface area contributed by atoms with Gasteiger partial charge in [0, 0.05) is 75.3 Å². The first-order chi connectivity index (χ1) is 15.7. The van der Waals surface area contributed by atoms with Gasteiger partial charge in [-0.2, -0.15) is 4.98 Å². The predicted octanol–water partition coefficient (Wildman–Crippen LogP) is 1.62. The van der Waals surface area contributed by atoms with E-state index in [4.69, 9.17) is 0 Å². The molecule has 32 heavy (non-hydrogen) atoms. The van der Waals surface area contributed by atoms with Crippen molar-refractivity contribution in [2.75, 3.05) is 67.9 Å². The van der Waals surface area contributed by atoms with E-state index in [0.29, 0.717) is 30.5 Å². The van der Waals surface area contributed by atoms with Crippen molar-refractivity contribution in [2.24, 2.45) is 0 Å². The molecule has 0 spiro atoms. The number of piperazine rings is 2. The molecule has 10 nitrogen and oxygen atoms in total. The van der Waals surface area contributed by atoms with E-state index in [1.54, 1.807) is 17.2 Å². The number of fused-ring (bicyclic) bond motifs is 1. The molecule has 2 amide bonds. The maximum absolute atomic E-state index is 12.4. The third kappa shape index (κ3) is 4.71. The van der Waals surface area contributed by atoms with Gasteiger partial charge in [-0.05, 0) is 36.4 Å². The number of pyridine rings is 1. The highest BCUT2D eigenvalue weighted by atomic mass is 16.2. The van der Waals surface area contributed by atoms with Gasteiger partial charge in [-0.3, -0.25) is 5.32 Å². The monoisotopic (exact) mass is 433 g/mol. The molecule has 0 unspecified atom stereocenters. The maximum Gasteiger partial charge on any atom is 0.323 e. The first-order valence-electron chi connectivity index (χ1n) is 11.0. The Morgan fingerprint density at radius 3 is 2.34 bits per heavy atom. The number of rotatable bonds is 4. The summed E-state index contributed by atoms with van der Waals surface area (Å²) >= 11 is 0. The largest absolute Gasteiger partial charge is 0.369 e. The van der Waals surface area contributed by atoms with Crippen LogP contribution in [0.5, 0.6) is 0 Å². The Morgan fingerprint density at radius 1 is 0.875 bits per heavy atom. The zero-order valence-electron chi connectivity index (χ0n) is 17.8. The van der Waals surface area contributed by atoms with Crippen molar-refractivity contribution in [1.82, 2.24) is 30.5 Å². The molecule has 1 aromatic carbocycles. The summed E-state index contributed by atoms with van der Waals surface area (Å²) in [4.78, 5) is 30.0. The Morgan fingerprint density at radius 2 is 1.59 bits per heavy atom. The number of amides is 2. The van der Waals surface area contributed by atoms with Crippen molar-refractivity contribution in [2.45, 2.75) is 0 Å². The molecule has 5 rings (SSSR count). The van der Waals surface area contributed by atoms with E-state index >= 15 is 0 Å². The van der Waals surface area contributed by atoms with Crippen molar-refractivity contribution in [3.8, 4) is 0 Å². The molecule has 0 saturated carbocycles. The number of aromatic nitrogens is 3. The Hall–Kier alpha value is -3.50. The fourth-order valence-corrected chi connectivity index (χ4v) is 3.90.